The van der Waals surface area contributed by atoms with E-state index in [4.69, 9.17) is 0 Å². The van der Waals surface area contributed by atoms with Crippen molar-refractivity contribution in [2.24, 2.45) is 13.0 Å². The zero-order valence-corrected chi connectivity index (χ0v) is 13.3. The van der Waals surface area contributed by atoms with E-state index in [9.17, 15) is 4.79 Å². The number of thiophene rings is 1. The molecule has 112 valence electrons. The molecule has 1 atom stereocenters. The highest BCUT2D eigenvalue weighted by molar-refractivity contribution is 7.10. The second-order valence-corrected chi connectivity index (χ2v) is 6.76. The summed E-state index contributed by atoms with van der Waals surface area (Å²) in [5, 5.41) is 9.50. The first-order chi connectivity index (χ1) is 10.2. The highest BCUT2D eigenvalue weighted by Gasteiger charge is 2.29. The summed E-state index contributed by atoms with van der Waals surface area (Å²) in [7, 11) is 1.86. The molecule has 5 heteroatoms. The van der Waals surface area contributed by atoms with Crippen LogP contribution in [-0.2, 0) is 7.05 Å². The third-order valence-corrected chi connectivity index (χ3v) is 5.44. The van der Waals surface area contributed by atoms with Crippen LogP contribution in [0.3, 0.4) is 0 Å². The second kappa shape index (κ2) is 6.02. The number of nitrogens with one attached hydrogen (secondary N) is 1. The summed E-state index contributed by atoms with van der Waals surface area (Å²) in [4.78, 5) is 13.8. The number of carbonyl (C=O) groups is 1. The maximum atomic E-state index is 12.6. The Morgan fingerprint density at radius 3 is 2.81 bits per heavy atom. The minimum Gasteiger partial charge on any atom is -0.344 e. The summed E-state index contributed by atoms with van der Waals surface area (Å²) >= 11 is 1.73. The van der Waals surface area contributed by atoms with Crippen LogP contribution in [0, 0.1) is 12.8 Å². The molecule has 1 saturated carbocycles. The van der Waals surface area contributed by atoms with E-state index in [2.05, 4.69) is 27.9 Å². The lowest BCUT2D eigenvalue weighted by atomic mass is 9.96. The van der Waals surface area contributed by atoms with Gasteiger partial charge >= 0.3 is 0 Å². The first kappa shape index (κ1) is 14.3. The SMILES string of the molecule is Cc1c(C(=O)N[C@@H](c2cccs2)C2CCCC2)cnn1C. The lowest BCUT2D eigenvalue weighted by molar-refractivity contribution is 0.0922. The van der Waals surface area contributed by atoms with Crippen LogP contribution in [0.4, 0.5) is 0 Å². The van der Waals surface area contributed by atoms with Crippen molar-refractivity contribution in [3.63, 3.8) is 0 Å². The van der Waals surface area contributed by atoms with Crippen molar-refractivity contribution < 1.29 is 4.79 Å². The maximum absolute atomic E-state index is 12.6. The average molecular weight is 303 g/mol. The summed E-state index contributed by atoms with van der Waals surface area (Å²) in [6.45, 7) is 1.93. The topological polar surface area (TPSA) is 46.9 Å². The number of aromatic nitrogens is 2. The molecule has 21 heavy (non-hydrogen) atoms. The first-order valence-electron chi connectivity index (χ1n) is 7.49. The largest absolute Gasteiger partial charge is 0.344 e. The van der Waals surface area contributed by atoms with Gasteiger partial charge in [0.25, 0.3) is 5.91 Å². The van der Waals surface area contributed by atoms with Crippen LogP contribution < -0.4 is 5.32 Å². The van der Waals surface area contributed by atoms with Crippen molar-refractivity contribution >= 4 is 17.2 Å². The average Bonchev–Trinajstić information content (AvgIpc) is 3.20. The van der Waals surface area contributed by atoms with Crippen molar-refractivity contribution in [2.45, 2.75) is 38.6 Å². The van der Waals surface area contributed by atoms with E-state index in [1.54, 1.807) is 22.2 Å². The fourth-order valence-corrected chi connectivity index (χ4v) is 3.99. The molecule has 1 amide bonds. The van der Waals surface area contributed by atoms with Crippen LogP contribution in [0.1, 0.15) is 52.7 Å². The lowest BCUT2D eigenvalue weighted by Gasteiger charge is -2.23. The predicted molar refractivity (Wildman–Crippen MR) is 84.4 cm³/mol. The zero-order valence-electron chi connectivity index (χ0n) is 12.5. The molecular weight excluding hydrogens is 282 g/mol. The van der Waals surface area contributed by atoms with E-state index >= 15 is 0 Å². The van der Waals surface area contributed by atoms with Crippen molar-refractivity contribution in [3.05, 3.63) is 39.8 Å². The highest BCUT2D eigenvalue weighted by atomic mass is 32.1. The van der Waals surface area contributed by atoms with Crippen LogP contribution in [0.15, 0.2) is 23.7 Å². The summed E-state index contributed by atoms with van der Waals surface area (Å²) in [5.41, 5.74) is 1.58. The van der Waals surface area contributed by atoms with E-state index in [1.165, 1.54) is 30.6 Å². The lowest BCUT2D eigenvalue weighted by Crippen LogP contribution is -2.32. The number of amides is 1. The van der Waals surface area contributed by atoms with Gasteiger partial charge in [0.15, 0.2) is 0 Å². The van der Waals surface area contributed by atoms with Crippen LogP contribution in [0.2, 0.25) is 0 Å². The van der Waals surface area contributed by atoms with Crippen molar-refractivity contribution in [2.75, 3.05) is 0 Å². The molecular formula is C16H21N3OS. The van der Waals surface area contributed by atoms with E-state index in [0.717, 1.165) is 5.69 Å². The number of aryl methyl sites for hydroxylation is 1. The van der Waals surface area contributed by atoms with Gasteiger partial charge in [-0.1, -0.05) is 18.9 Å². The molecule has 0 radical (unpaired) electrons. The summed E-state index contributed by atoms with van der Waals surface area (Å²) in [6, 6.07) is 4.33. The number of carbonyl (C=O) groups excluding carboxylic acids is 1. The molecule has 2 heterocycles. The first-order valence-corrected chi connectivity index (χ1v) is 8.37. The number of hydrogen-bond donors (Lipinski definition) is 1. The molecule has 2 aromatic heterocycles. The fraction of sp³-hybridized carbons (Fsp3) is 0.500. The molecule has 4 nitrogen and oxygen atoms in total. The zero-order chi connectivity index (χ0) is 14.8. The van der Waals surface area contributed by atoms with Gasteiger partial charge in [0.05, 0.1) is 17.8 Å². The quantitative estimate of drug-likeness (QED) is 0.940. The predicted octanol–water partition coefficient (Wildman–Crippen LogP) is 3.45. The van der Waals surface area contributed by atoms with Crippen molar-refractivity contribution in [1.29, 1.82) is 0 Å². The molecule has 0 saturated heterocycles. The van der Waals surface area contributed by atoms with Gasteiger partial charge in [-0.15, -0.1) is 11.3 Å². The summed E-state index contributed by atoms with van der Waals surface area (Å²) in [5.74, 6) is 0.551. The molecule has 1 fully saturated rings. The maximum Gasteiger partial charge on any atom is 0.255 e. The second-order valence-electron chi connectivity index (χ2n) is 5.78. The van der Waals surface area contributed by atoms with Gasteiger partial charge in [0.2, 0.25) is 0 Å². The van der Waals surface area contributed by atoms with Gasteiger partial charge in [-0.05, 0) is 37.1 Å². The number of hydrogen-bond acceptors (Lipinski definition) is 3. The van der Waals surface area contributed by atoms with E-state index in [1.807, 2.05) is 14.0 Å². The fourth-order valence-electron chi connectivity index (χ4n) is 3.12. The smallest absolute Gasteiger partial charge is 0.255 e. The normalized spacial score (nSPS) is 17.0. The third-order valence-electron chi connectivity index (χ3n) is 4.49. The van der Waals surface area contributed by atoms with Gasteiger partial charge in [-0.2, -0.15) is 5.10 Å². The van der Waals surface area contributed by atoms with Crippen LogP contribution in [0.5, 0.6) is 0 Å². The van der Waals surface area contributed by atoms with Crippen LogP contribution in [-0.4, -0.2) is 15.7 Å². The number of nitrogens with zero attached hydrogens (tertiary/aromatic N) is 2. The van der Waals surface area contributed by atoms with Crippen LogP contribution in [0.25, 0.3) is 0 Å². The van der Waals surface area contributed by atoms with E-state index < -0.39 is 0 Å². The molecule has 0 aromatic carbocycles. The molecule has 0 unspecified atom stereocenters. The van der Waals surface area contributed by atoms with Crippen molar-refractivity contribution in [3.8, 4) is 0 Å². The Bertz CT molecular complexity index is 612. The monoisotopic (exact) mass is 303 g/mol. The molecule has 0 bridgehead atoms. The molecule has 0 aliphatic heterocycles. The van der Waals surface area contributed by atoms with Gasteiger partial charge in [0, 0.05) is 17.6 Å². The van der Waals surface area contributed by atoms with E-state index in [-0.39, 0.29) is 11.9 Å². The third kappa shape index (κ3) is 2.88. The van der Waals surface area contributed by atoms with E-state index in [0.29, 0.717) is 11.5 Å². The Labute approximate surface area is 129 Å². The van der Waals surface area contributed by atoms with Crippen molar-refractivity contribution in [1.82, 2.24) is 15.1 Å². The molecule has 1 aliphatic carbocycles. The summed E-state index contributed by atoms with van der Waals surface area (Å²) < 4.78 is 1.74. The Morgan fingerprint density at radius 1 is 1.48 bits per heavy atom. The Balaban J connectivity index is 1.81. The molecule has 0 spiro atoms. The molecule has 1 N–H and O–H groups in total. The van der Waals surface area contributed by atoms with Gasteiger partial charge in [-0.3, -0.25) is 9.48 Å². The molecule has 3 rings (SSSR count). The Morgan fingerprint density at radius 2 is 2.24 bits per heavy atom. The Hall–Kier alpha value is -1.62. The summed E-state index contributed by atoms with van der Waals surface area (Å²) in [6.07, 6.45) is 6.61. The molecule has 2 aromatic rings. The minimum absolute atomic E-state index is 0.00843. The minimum atomic E-state index is -0.00843. The van der Waals surface area contributed by atoms with Gasteiger partial charge < -0.3 is 5.32 Å². The standard InChI is InChI=1S/C16H21N3OS/c1-11-13(10-17-19(11)2)16(20)18-15(12-6-3-4-7-12)14-8-5-9-21-14/h5,8-10,12,15H,3-4,6-7H2,1-2H3,(H,18,20)/t15-/m1/s1. The Kier molecular flexibility index (Phi) is 4.10. The van der Waals surface area contributed by atoms with Gasteiger partial charge in [0.1, 0.15) is 0 Å². The number of rotatable bonds is 4. The van der Waals surface area contributed by atoms with Crippen LogP contribution >= 0.6 is 11.3 Å². The molecule has 1 aliphatic rings. The van der Waals surface area contributed by atoms with Gasteiger partial charge in [-0.25, -0.2) is 0 Å². The highest BCUT2D eigenvalue weighted by Crippen LogP contribution is 2.37.